The average Bonchev–Trinajstić information content (AvgIpc) is 2.93. The summed E-state index contributed by atoms with van der Waals surface area (Å²) >= 11 is 3.62. The number of para-hydroxylation sites is 1. The summed E-state index contributed by atoms with van der Waals surface area (Å²) in [5, 5.41) is 8.03. The number of nitrogens with zero attached hydrogens (tertiary/aromatic N) is 2. The van der Waals surface area contributed by atoms with Gasteiger partial charge in [0.2, 0.25) is 0 Å². The summed E-state index contributed by atoms with van der Waals surface area (Å²) in [7, 11) is 0. The average molecular weight is 306 g/mol. The Morgan fingerprint density at radius 2 is 2.28 bits per heavy atom. The third kappa shape index (κ3) is 1.94. The predicted molar refractivity (Wildman–Crippen MR) is 76.7 cm³/mol. The highest BCUT2D eigenvalue weighted by Gasteiger charge is 2.26. The van der Waals surface area contributed by atoms with Crippen molar-refractivity contribution in [1.82, 2.24) is 9.78 Å². The quantitative estimate of drug-likeness (QED) is 0.935. The van der Waals surface area contributed by atoms with Gasteiger partial charge in [-0.2, -0.15) is 5.10 Å². The summed E-state index contributed by atoms with van der Waals surface area (Å²) < 4.78 is 3.20. The minimum atomic E-state index is 0.325. The number of aryl methyl sites for hydroxylation is 1. The minimum Gasteiger partial charge on any atom is -0.376 e. The van der Waals surface area contributed by atoms with E-state index >= 15 is 0 Å². The van der Waals surface area contributed by atoms with Crippen molar-refractivity contribution >= 4 is 21.6 Å². The Kier molecular flexibility index (Phi) is 3.12. The maximum atomic E-state index is 4.44. The van der Waals surface area contributed by atoms with Gasteiger partial charge < -0.3 is 5.32 Å². The number of aromatic nitrogens is 2. The number of hydrogen-bond donors (Lipinski definition) is 1. The van der Waals surface area contributed by atoms with E-state index in [-0.39, 0.29) is 0 Å². The Morgan fingerprint density at radius 1 is 1.44 bits per heavy atom. The van der Waals surface area contributed by atoms with Gasteiger partial charge in [-0.25, -0.2) is 0 Å². The fourth-order valence-electron chi connectivity index (χ4n) is 2.57. The van der Waals surface area contributed by atoms with Crippen LogP contribution in [-0.2, 0) is 13.0 Å². The van der Waals surface area contributed by atoms with E-state index in [1.54, 1.807) is 0 Å². The van der Waals surface area contributed by atoms with Crippen molar-refractivity contribution in [3.05, 3.63) is 46.2 Å². The highest BCUT2D eigenvalue weighted by atomic mass is 79.9. The van der Waals surface area contributed by atoms with E-state index in [2.05, 4.69) is 62.2 Å². The molecule has 1 aromatic heterocycles. The third-order valence-corrected chi connectivity index (χ3v) is 3.98. The topological polar surface area (TPSA) is 29.9 Å². The second kappa shape index (κ2) is 4.76. The third-order valence-electron chi connectivity index (χ3n) is 3.37. The summed E-state index contributed by atoms with van der Waals surface area (Å²) in [6, 6.07) is 8.83. The molecule has 3 nitrogen and oxygen atoms in total. The molecule has 1 aliphatic rings. The molecule has 0 bridgehead atoms. The second-order valence-corrected chi connectivity index (χ2v) is 5.51. The van der Waals surface area contributed by atoms with Crippen LogP contribution in [0.5, 0.6) is 0 Å². The molecule has 18 heavy (non-hydrogen) atoms. The van der Waals surface area contributed by atoms with Gasteiger partial charge in [-0.05, 0) is 34.0 Å². The molecule has 0 spiro atoms. The summed E-state index contributed by atoms with van der Waals surface area (Å²) in [5.74, 6) is 0. The molecule has 0 fully saturated rings. The first-order valence-electron chi connectivity index (χ1n) is 6.35. The molecule has 1 atom stereocenters. The molecule has 1 N–H and O–H groups in total. The van der Waals surface area contributed by atoms with Gasteiger partial charge in [0.25, 0.3) is 0 Å². The Balaban J connectivity index is 1.92. The molecular weight excluding hydrogens is 290 g/mol. The molecule has 94 valence electrons. The Morgan fingerprint density at radius 3 is 3.06 bits per heavy atom. The van der Waals surface area contributed by atoms with Gasteiger partial charge >= 0.3 is 0 Å². The van der Waals surface area contributed by atoms with Crippen LogP contribution in [0.25, 0.3) is 0 Å². The maximum Gasteiger partial charge on any atom is 0.0752 e. The van der Waals surface area contributed by atoms with Gasteiger partial charge in [0, 0.05) is 18.7 Å². The number of rotatable bonds is 3. The molecule has 2 heterocycles. The van der Waals surface area contributed by atoms with Crippen molar-refractivity contribution in [2.24, 2.45) is 0 Å². The smallest absolute Gasteiger partial charge is 0.0752 e. The number of fused-ring (bicyclic) bond motifs is 1. The molecule has 0 radical (unpaired) electrons. The molecular formula is C14H16BrN3. The van der Waals surface area contributed by atoms with E-state index in [0.29, 0.717) is 6.04 Å². The van der Waals surface area contributed by atoms with Crippen LogP contribution in [0.3, 0.4) is 0 Å². The van der Waals surface area contributed by atoms with Crippen LogP contribution >= 0.6 is 15.9 Å². The van der Waals surface area contributed by atoms with E-state index < -0.39 is 0 Å². The van der Waals surface area contributed by atoms with Gasteiger partial charge in [0.1, 0.15) is 0 Å². The molecule has 3 rings (SSSR count). The van der Waals surface area contributed by atoms with Gasteiger partial charge in [-0.3, -0.25) is 4.68 Å². The van der Waals surface area contributed by atoms with Crippen molar-refractivity contribution in [2.75, 3.05) is 5.32 Å². The Labute approximate surface area is 115 Å². The minimum absolute atomic E-state index is 0.325. The molecule has 0 saturated heterocycles. The highest BCUT2D eigenvalue weighted by Crippen LogP contribution is 2.36. The molecule has 2 aromatic rings. The second-order valence-electron chi connectivity index (χ2n) is 4.66. The van der Waals surface area contributed by atoms with Crippen LogP contribution in [0.2, 0.25) is 0 Å². The zero-order valence-corrected chi connectivity index (χ0v) is 11.9. The summed E-state index contributed by atoms with van der Waals surface area (Å²) in [6.45, 7) is 3.14. The van der Waals surface area contributed by atoms with Crippen LogP contribution in [0, 0.1) is 0 Å². The van der Waals surface area contributed by atoms with Crippen LogP contribution in [-0.4, -0.2) is 9.78 Å². The van der Waals surface area contributed by atoms with Gasteiger partial charge in [0.05, 0.1) is 22.4 Å². The molecule has 0 amide bonds. The van der Waals surface area contributed by atoms with Crippen LogP contribution in [0.4, 0.5) is 5.69 Å². The van der Waals surface area contributed by atoms with Crippen molar-refractivity contribution in [1.29, 1.82) is 0 Å². The van der Waals surface area contributed by atoms with E-state index in [0.717, 1.165) is 23.9 Å². The number of anilines is 1. The lowest BCUT2D eigenvalue weighted by Crippen LogP contribution is -2.14. The van der Waals surface area contributed by atoms with Crippen LogP contribution in [0.15, 0.2) is 34.9 Å². The Hall–Kier alpha value is -1.29. The molecule has 1 aliphatic heterocycles. The summed E-state index contributed by atoms with van der Waals surface area (Å²) in [6.07, 6.45) is 4.03. The normalized spacial score (nSPS) is 17.6. The summed E-state index contributed by atoms with van der Waals surface area (Å²) in [4.78, 5) is 0. The van der Waals surface area contributed by atoms with E-state index in [1.807, 2.05) is 6.20 Å². The zero-order chi connectivity index (χ0) is 12.5. The predicted octanol–water partition coefficient (Wildman–Crippen LogP) is 3.76. The first-order chi connectivity index (χ1) is 8.79. The lowest BCUT2D eigenvalue weighted by atomic mass is 10.1. The van der Waals surface area contributed by atoms with Crippen molar-refractivity contribution in [3.63, 3.8) is 0 Å². The highest BCUT2D eigenvalue weighted by molar-refractivity contribution is 9.10. The van der Waals surface area contributed by atoms with E-state index in [4.69, 9.17) is 0 Å². The monoisotopic (exact) mass is 305 g/mol. The van der Waals surface area contributed by atoms with Gasteiger partial charge in [-0.1, -0.05) is 25.1 Å². The zero-order valence-electron chi connectivity index (χ0n) is 10.4. The van der Waals surface area contributed by atoms with Crippen LogP contribution in [0.1, 0.15) is 30.6 Å². The first kappa shape index (κ1) is 11.8. The summed E-state index contributed by atoms with van der Waals surface area (Å²) in [5.41, 5.74) is 3.89. The molecule has 0 aliphatic carbocycles. The number of halogens is 1. The lowest BCUT2D eigenvalue weighted by Gasteiger charge is -2.14. The number of nitrogens with one attached hydrogen (secondary N) is 1. The lowest BCUT2D eigenvalue weighted by molar-refractivity contribution is 0.554. The fourth-order valence-corrected chi connectivity index (χ4v) is 3.14. The fraction of sp³-hybridized carbons (Fsp3) is 0.357. The van der Waals surface area contributed by atoms with E-state index in [1.165, 1.54) is 16.9 Å². The molecule has 0 saturated carbocycles. The first-order valence-corrected chi connectivity index (χ1v) is 7.14. The SMILES string of the molecule is CCCn1ncc(Br)c1C1Cc2ccccc2N1. The van der Waals surface area contributed by atoms with Gasteiger partial charge in [0.15, 0.2) is 0 Å². The standard InChI is InChI=1S/C14H16BrN3/c1-2-7-18-14(11(15)9-16-18)13-8-10-5-3-4-6-12(10)17-13/h3-6,9,13,17H,2,7-8H2,1H3. The largest absolute Gasteiger partial charge is 0.376 e. The van der Waals surface area contributed by atoms with Gasteiger partial charge in [-0.15, -0.1) is 0 Å². The molecule has 1 unspecified atom stereocenters. The number of hydrogen-bond acceptors (Lipinski definition) is 2. The van der Waals surface area contributed by atoms with Crippen molar-refractivity contribution in [2.45, 2.75) is 32.4 Å². The number of benzene rings is 1. The van der Waals surface area contributed by atoms with Crippen molar-refractivity contribution < 1.29 is 0 Å². The molecule has 4 heteroatoms. The Bertz CT molecular complexity index is 537. The maximum absolute atomic E-state index is 4.44. The van der Waals surface area contributed by atoms with Crippen molar-refractivity contribution in [3.8, 4) is 0 Å². The molecule has 1 aromatic carbocycles. The van der Waals surface area contributed by atoms with Crippen LogP contribution < -0.4 is 5.32 Å². The van der Waals surface area contributed by atoms with E-state index in [9.17, 15) is 0 Å².